The summed E-state index contributed by atoms with van der Waals surface area (Å²) >= 11 is 1.59. The van der Waals surface area contributed by atoms with Crippen LogP contribution < -0.4 is 4.74 Å². The van der Waals surface area contributed by atoms with Crippen LogP contribution in [0.2, 0.25) is 0 Å². The second kappa shape index (κ2) is 7.80. The molecule has 1 aliphatic heterocycles. The molecule has 1 aromatic carbocycles. The van der Waals surface area contributed by atoms with Crippen LogP contribution in [0, 0.1) is 13.8 Å². The molecule has 0 unspecified atom stereocenters. The predicted molar refractivity (Wildman–Crippen MR) is 103 cm³/mol. The van der Waals surface area contributed by atoms with Gasteiger partial charge < -0.3 is 9.64 Å². The van der Waals surface area contributed by atoms with Crippen molar-refractivity contribution < 1.29 is 17.9 Å². The first-order valence-corrected chi connectivity index (χ1v) is 11.3. The van der Waals surface area contributed by atoms with Gasteiger partial charge in [0, 0.05) is 10.9 Å². The Morgan fingerprint density at radius 3 is 2.54 bits per heavy atom. The minimum absolute atomic E-state index is 0.0354. The molecule has 5 nitrogen and oxygen atoms in total. The summed E-state index contributed by atoms with van der Waals surface area (Å²) in [6, 6.07) is 9.24. The van der Waals surface area contributed by atoms with Gasteiger partial charge in [-0.3, -0.25) is 4.79 Å². The molecule has 0 spiro atoms. The fraction of sp³-hybridized carbons (Fsp3) is 0.421. The third kappa shape index (κ3) is 4.65. The average Bonchev–Trinajstić information content (AvgIpc) is 3.16. The predicted octanol–water partition coefficient (Wildman–Crippen LogP) is 2.96. The van der Waals surface area contributed by atoms with Crippen molar-refractivity contribution in [1.29, 1.82) is 0 Å². The van der Waals surface area contributed by atoms with Crippen LogP contribution in [0.25, 0.3) is 0 Å². The highest BCUT2D eigenvalue weighted by Crippen LogP contribution is 2.24. The van der Waals surface area contributed by atoms with Gasteiger partial charge in [-0.15, -0.1) is 11.3 Å². The number of ether oxygens (including phenoxy) is 1. The molecular weight excluding hydrogens is 370 g/mol. The molecule has 2 aromatic rings. The number of hydrogen-bond acceptors (Lipinski definition) is 5. The molecule has 140 valence electrons. The maximum atomic E-state index is 12.8. The van der Waals surface area contributed by atoms with E-state index in [4.69, 9.17) is 4.74 Å². The number of carbonyl (C=O) groups is 1. The molecular formula is C19H23NO4S2. The van der Waals surface area contributed by atoms with E-state index in [2.05, 4.69) is 0 Å². The number of thiophene rings is 1. The normalized spacial score (nSPS) is 18.6. The Morgan fingerprint density at radius 1 is 1.23 bits per heavy atom. The Labute approximate surface area is 158 Å². The van der Waals surface area contributed by atoms with Gasteiger partial charge in [-0.1, -0.05) is 17.7 Å². The molecule has 7 heteroatoms. The second-order valence-electron chi connectivity index (χ2n) is 6.71. The molecule has 0 saturated carbocycles. The van der Waals surface area contributed by atoms with Crippen LogP contribution in [0.1, 0.15) is 22.4 Å². The molecule has 0 N–H and O–H groups in total. The lowest BCUT2D eigenvalue weighted by molar-refractivity contribution is -0.135. The lowest BCUT2D eigenvalue weighted by Crippen LogP contribution is -2.43. The van der Waals surface area contributed by atoms with Crippen LogP contribution in [-0.4, -0.2) is 43.4 Å². The molecule has 1 aromatic heterocycles. The number of rotatable bonds is 6. The molecule has 1 aliphatic rings. The summed E-state index contributed by atoms with van der Waals surface area (Å²) in [5, 5.41) is 1.99. The molecule has 0 radical (unpaired) electrons. The van der Waals surface area contributed by atoms with Crippen molar-refractivity contribution in [3.8, 4) is 5.75 Å². The number of aryl methyl sites for hydroxylation is 2. The quantitative estimate of drug-likeness (QED) is 0.757. The summed E-state index contributed by atoms with van der Waals surface area (Å²) in [5.74, 6) is 0.632. The lowest BCUT2D eigenvalue weighted by Gasteiger charge is -2.28. The maximum absolute atomic E-state index is 12.8. The van der Waals surface area contributed by atoms with Crippen molar-refractivity contribution in [3.63, 3.8) is 0 Å². The molecule has 1 fully saturated rings. The van der Waals surface area contributed by atoms with Crippen LogP contribution in [-0.2, 0) is 21.2 Å². The molecule has 1 atom stereocenters. The van der Waals surface area contributed by atoms with Crippen molar-refractivity contribution in [2.45, 2.75) is 32.9 Å². The Kier molecular flexibility index (Phi) is 5.67. The molecule has 0 bridgehead atoms. The zero-order chi connectivity index (χ0) is 18.7. The third-order valence-corrected chi connectivity index (χ3v) is 7.39. The second-order valence-corrected chi connectivity index (χ2v) is 9.94. The van der Waals surface area contributed by atoms with Gasteiger partial charge in [-0.05, 0) is 49.4 Å². The lowest BCUT2D eigenvalue weighted by atomic mass is 10.2. The van der Waals surface area contributed by atoms with Crippen LogP contribution in [0.15, 0.2) is 35.7 Å². The summed E-state index contributed by atoms with van der Waals surface area (Å²) in [5.41, 5.74) is 2.24. The number of amides is 1. The molecule has 0 aliphatic carbocycles. The summed E-state index contributed by atoms with van der Waals surface area (Å²) < 4.78 is 29.4. The van der Waals surface area contributed by atoms with Crippen LogP contribution in [0.3, 0.4) is 0 Å². The highest BCUT2D eigenvalue weighted by atomic mass is 32.2. The summed E-state index contributed by atoms with van der Waals surface area (Å²) in [7, 11) is -3.07. The minimum Gasteiger partial charge on any atom is -0.484 e. The monoisotopic (exact) mass is 393 g/mol. The fourth-order valence-electron chi connectivity index (χ4n) is 3.03. The highest BCUT2D eigenvalue weighted by molar-refractivity contribution is 7.91. The fourth-order valence-corrected chi connectivity index (χ4v) is 5.66. The van der Waals surface area contributed by atoms with Gasteiger partial charge in [-0.25, -0.2) is 8.42 Å². The van der Waals surface area contributed by atoms with Crippen LogP contribution in [0.4, 0.5) is 0 Å². The number of carbonyl (C=O) groups excluding carboxylic acids is 1. The van der Waals surface area contributed by atoms with E-state index in [1.54, 1.807) is 16.2 Å². The topological polar surface area (TPSA) is 63.7 Å². The smallest absolute Gasteiger partial charge is 0.261 e. The van der Waals surface area contributed by atoms with Gasteiger partial charge in [0.05, 0.1) is 18.1 Å². The maximum Gasteiger partial charge on any atom is 0.261 e. The van der Waals surface area contributed by atoms with E-state index in [0.29, 0.717) is 18.7 Å². The largest absolute Gasteiger partial charge is 0.484 e. The van der Waals surface area contributed by atoms with E-state index in [1.165, 1.54) is 0 Å². The van der Waals surface area contributed by atoms with Gasteiger partial charge in [0.2, 0.25) is 0 Å². The molecule has 26 heavy (non-hydrogen) atoms. The standard InChI is InChI=1S/C19H23NO4S2/c1-14-3-5-17(6-4-14)24-12-19(21)20(11-18-15(2)7-9-25-18)16-8-10-26(22,23)13-16/h3-7,9,16H,8,10-13H2,1-2H3/t16-/m1/s1. The molecule has 3 rings (SSSR count). The van der Waals surface area contributed by atoms with Crippen LogP contribution >= 0.6 is 11.3 Å². The van der Waals surface area contributed by atoms with E-state index in [1.807, 2.05) is 49.6 Å². The number of nitrogens with zero attached hydrogens (tertiary/aromatic N) is 1. The Bertz CT molecular complexity index is 871. The molecule has 1 amide bonds. The summed E-state index contributed by atoms with van der Waals surface area (Å²) in [4.78, 5) is 15.6. The van der Waals surface area contributed by atoms with Gasteiger partial charge in [0.15, 0.2) is 16.4 Å². The molecule has 2 heterocycles. The molecule has 1 saturated heterocycles. The first-order valence-electron chi connectivity index (χ1n) is 8.56. The van der Waals surface area contributed by atoms with Gasteiger partial charge in [0.25, 0.3) is 5.91 Å². The van der Waals surface area contributed by atoms with Crippen molar-refractivity contribution in [3.05, 3.63) is 51.7 Å². The van der Waals surface area contributed by atoms with Gasteiger partial charge in [0.1, 0.15) is 5.75 Å². The van der Waals surface area contributed by atoms with E-state index in [-0.39, 0.29) is 30.1 Å². The zero-order valence-corrected chi connectivity index (χ0v) is 16.6. The first kappa shape index (κ1) is 18.9. The van der Waals surface area contributed by atoms with Crippen molar-refractivity contribution in [2.24, 2.45) is 0 Å². The Hall–Kier alpha value is -1.86. The van der Waals surface area contributed by atoms with Crippen molar-refractivity contribution in [2.75, 3.05) is 18.1 Å². The van der Waals surface area contributed by atoms with Gasteiger partial charge in [-0.2, -0.15) is 0 Å². The number of benzene rings is 1. The summed E-state index contributed by atoms with van der Waals surface area (Å²) in [6.07, 6.45) is 0.489. The van der Waals surface area contributed by atoms with Crippen molar-refractivity contribution in [1.82, 2.24) is 4.90 Å². The SMILES string of the molecule is Cc1ccc(OCC(=O)N(Cc2sccc2C)[C@@H]2CCS(=O)(=O)C2)cc1. The van der Waals surface area contributed by atoms with E-state index >= 15 is 0 Å². The third-order valence-electron chi connectivity index (χ3n) is 4.63. The Balaban J connectivity index is 1.72. The zero-order valence-electron chi connectivity index (χ0n) is 15.0. The van der Waals surface area contributed by atoms with Crippen LogP contribution in [0.5, 0.6) is 5.75 Å². The van der Waals surface area contributed by atoms with E-state index in [9.17, 15) is 13.2 Å². The Morgan fingerprint density at radius 2 is 1.96 bits per heavy atom. The number of hydrogen-bond donors (Lipinski definition) is 0. The summed E-state index contributed by atoms with van der Waals surface area (Å²) in [6.45, 7) is 4.33. The van der Waals surface area contributed by atoms with Gasteiger partial charge >= 0.3 is 0 Å². The van der Waals surface area contributed by atoms with E-state index < -0.39 is 9.84 Å². The minimum atomic E-state index is -3.07. The first-order chi connectivity index (χ1) is 12.3. The highest BCUT2D eigenvalue weighted by Gasteiger charge is 2.35. The average molecular weight is 394 g/mol. The number of sulfone groups is 1. The van der Waals surface area contributed by atoms with Crippen molar-refractivity contribution >= 4 is 27.1 Å². The van der Waals surface area contributed by atoms with E-state index in [0.717, 1.165) is 16.0 Å².